The third kappa shape index (κ3) is 4.17. The van der Waals surface area contributed by atoms with Gasteiger partial charge < -0.3 is 27.1 Å². The second kappa shape index (κ2) is 7.89. The lowest BCUT2D eigenvalue weighted by Gasteiger charge is -2.34. The second-order valence-electron chi connectivity index (χ2n) is 6.48. The molecule has 144 valence electrons. The van der Waals surface area contributed by atoms with E-state index in [4.69, 9.17) is 28.8 Å². The first-order valence-corrected chi connectivity index (χ1v) is 8.91. The number of piperidine rings is 1. The third-order valence-corrected chi connectivity index (χ3v) is 4.85. The fourth-order valence-corrected chi connectivity index (χ4v) is 3.32. The Labute approximate surface area is 160 Å². The van der Waals surface area contributed by atoms with Crippen LogP contribution in [0.15, 0.2) is 11.0 Å². The van der Waals surface area contributed by atoms with Crippen LogP contribution in [0.2, 0.25) is 5.15 Å². The summed E-state index contributed by atoms with van der Waals surface area (Å²) < 4.78 is 0. The summed E-state index contributed by atoms with van der Waals surface area (Å²) >= 11 is 5.85. The predicted molar refractivity (Wildman–Crippen MR) is 103 cm³/mol. The Morgan fingerprint density at radius 1 is 1.33 bits per heavy atom. The molecule has 2 aromatic rings. The van der Waals surface area contributed by atoms with Crippen molar-refractivity contribution >= 4 is 34.7 Å². The Kier molecular flexibility index (Phi) is 5.57. The molecule has 0 radical (unpaired) electrons. The molecule has 2 aromatic heterocycles. The van der Waals surface area contributed by atoms with Gasteiger partial charge in [0.1, 0.15) is 0 Å². The average molecular weight is 393 g/mol. The summed E-state index contributed by atoms with van der Waals surface area (Å²) in [5.41, 5.74) is 17.6. The maximum atomic E-state index is 12.7. The molecule has 11 heteroatoms. The standard InChI is InChI=1S/C16H21ClN8O2/c17-13-15(20)24-14(19)12(23-13)11(26)4-9-10(6-21-16(27)22-9)25-3-1-2-8(5-18)7-25/h6,8H,1-5,7,18H2,(H4,19,20,24)(H,21,22,27). The fourth-order valence-electron chi connectivity index (χ4n) is 3.20. The lowest BCUT2D eigenvalue weighted by Crippen LogP contribution is -2.39. The maximum absolute atomic E-state index is 12.7. The summed E-state index contributed by atoms with van der Waals surface area (Å²) in [4.78, 5) is 40.7. The minimum absolute atomic E-state index is 0.0510. The molecule has 0 aromatic carbocycles. The molecule has 1 saturated heterocycles. The van der Waals surface area contributed by atoms with Crippen molar-refractivity contribution in [2.75, 3.05) is 36.0 Å². The lowest BCUT2D eigenvalue weighted by atomic mass is 9.97. The van der Waals surface area contributed by atoms with Crippen molar-refractivity contribution in [3.8, 4) is 0 Å². The van der Waals surface area contributed by atoms with E-state index in [2.05, 4.69) is 24.8 Å². The smallest absolute Gasteiger partial charge is 0.345 e. The monoisotopic (exact) mass is 392 g/mol. The van der Waals surface area contributed by atoms with Crippen LogP contribution >= 0.6 is 11.6 Å². The van der Waals surface area contributed by atoms with Gasteiger partial charge in [0.05, 0.1) is 24.0 Å². The molecule has 1 unspecified atom stereocenters. The number of nitrogens with one attached hydrogen (secondary N) is 1. The van der Waals surface area contributed by atoms with E-state index < -0.39 is 11.5 Å². The van der Waals surface area contributed by atoms with Crippen LogP contribution in [-0.2, 0) is 6.42 Å². The quantitative estimate of drug-likeness (QED) is 0.510. The van der Waals surface area contributed by atoms with E-state index in [9.17, 15) is 9.59 Å². The molecule has 0 saturated carbocycles. The molecule has 0 spiro atoms. The Hall–Kier alpha value is -2.72. The van der Waals surface area contributed by atoms with E-state index in [0.29, 0.717) is 23.8 Å². The average Bonchev–Trinajstić information content (AvgIpc) is 2.64. The molecule has 27 heavy (non-hydrogen) atoms. The van der Waals surface area contributed by atoms with Gasteiger partial charge in [-0.2, -0.15) is 4.98 Å². The molecule has 1 atom stereocenters. The van der Waals surface area contributed by atoms with Crippen LogP contribution in [0.1, 0.15) is 29.0 Å². The molecule has 0 bridgehead atoms. The molecule has 0 aliphatic carbocycles. The predicted octanol–water partition coefficient (Wildman–Crippen LogP) is -0.0218. The zero-order chi connectivity index (χ0) is 19.6. The van der Waals surface area contributed by atoms with Crippen LogP contribution < -0.4 is 27.8 Å². The minimum atomic E-state index is -0.539. The van der Waals surface area contributed by atoms with Gasteiger partial charge >= 0.3 is 5.69 Å². The fraction of sp³-hybridized carbons (Fsp3) is 0.438. The summed E-state index contributed by atoms with van der Waals surface area (Å²) in [6.45, 7) is 2.11. The van der Waals surface area contributed by atoms with Crippen molar-refractivity contribution in [2.24, 2.45) is 11.7 Å². The lowest BCUT2D eigenvalue weighted by molar-refractivity contribution is 0.0988. The molecule has 3 rings (SSSR count). The van der Waals surface area contributed by atoms with Crippen LogP contribution in [0.25, 0.3) is 0 Å². The van der Waals surface area contributed by atoms with E-state index in [1.54, 1.807) is 0 Å². The Morgan fingerprint density at radius 3 is 2.85 bits per heavy atom. The van der Waals surface area contributed by atoms with Gasteiger partial charge in [-0.1, -0.05) is 11.6 Å². The van der Waals surface area contributed by atoms with Crippen molar-refractivity contribution < 1.29 is 4.79 Å². The first kappa shape index (κ1) is 19.1. The third-order valence-electron chi connectivity index (χ3n) is 4.57. The molecule has 7 N–H and O–H groups in total. The van der Waals surface area contributed by atoms with Gasteiger partial charge in [-0.25, -0.2) is 14.8 Å². The van der Waals surface area contributed by atoms with Gasteiger partial charge in [0, 0.05) is 13.1 Å². The molecular weight excluding hydrogens is 372 g/mol. The number of rotatable bonds is 5. The molecule has 1 aliphatic rings. The maximum Gasteiger partial charge on any atom is 0.345 e. The highest BCUT2D eigenvalue weighted by atomic mass is 35.5. The van der Waals surface area contributed by atoms with Crippen LogP contribution in [0.3, 0.4) is 0 Å². The normalized spacial score (nSPS) is 17.1. The van der Waals surface area contributed by atoms with Crippen LogP contribution in [0.4, 0.5) is 17.3 Å². The number of Topliss-reactive ketones (excluding diaryl/α,β-unsaturated/α-hetero) is 1. The van der Waals surface area contributed by atoms with Crippen molar-refractivity contribution in [3.05, 3.63) is 33.2 Å². The van der Waals surface area contributed by atoms with E-state index in [1.807, 2.05) is 0 Å². The summed E-state index contributed by atoms with van der Waals surface area (Å²) in [5.74, 6) is -0.241. The summed E-state index contributed by atoms with van der Waals surface area (Å²) in [5, 5.41) is -0.0992. The summed E-state index contributed by atoms with van der Waals surface area (Å²) in [7, 11) is 0. The zero-order valence-corrected chi connectivity index (χ0v) is 15.4. The minimum Gasteiger partial charge on any atom is -0.382 e. The highest BCUT2D eigenvalue weighted by molar-refractivity contribution is 6.31. The van der Waals surface area contributed by atoms with Gasteiger partial charge in [-0.05, 0) is 25.3 Å². The van der Waals surface area contributed by atoms with Crippen molar-refractivity contribution in [3.63, 3.8) is 0 Å². The topological polar surface area (TPSA) is 170 Å². The highest BCUT2D eigenvalue weighted by Crippen LogP contribution is 2.25. The van der Waals surface area contributed by atoms with Gasteiger partial charge in [0.2, 0.25) is 0 Å². The number of ketones is 1. The number of aromatic nitrogens is 4. The number of nitrogens with zero attached hydrogens (tertiary/aromatic N) is 4. The molecule has 3 heterocycles. The van der Waals surface area contributed by atoms with Crippen LogP contribution in [0, 0.1) is 5.92 Å². The molecule has 0 amide bonds. The van der Waals surface area contributed by atoms with Crippen LogP contribution in [-0.4, -0.2) is 45.4 Å². The number of nitrogen functional groups attached to an aromatic ring is 2. The summed E-state index contributed by atoms with van der Waals surface area (Å²) in [6, 6.07) is 0. The van der Waals surface area contributed by atoms with Crippen molar-refractivity contribution in [1.82, 2.24) is 19.9 Å². The highest BCUT2D eigenvalue weighted by Gasteiger charge is 2.24. The number of carbonyl (C=O) groups excluding carboxylic acids is 1. The summed E-state index contributed by atoms with van der Waals surface area (Å²) in [6.07, 6.45) is 3.37. The van der Waals surface area contributed by atoms with E-state index in [1.165, 1.54) is 6.20 Å². The number of H-pyrrole nitrogens is 1. The van der Waals surface area contributed by atoms with Crippen molar-refractivity contribution in [2.45, 2.75) is 19.3 Å². The van der Waals surface area contributed by atoms with E-state index >= 15 is 0 Å². The number of halogens is 1. The first-order valence-electron chi connectivity index (χ1n) is 8.54. The number of anilines is 3. The molecule has 10 nitrogen and oxygen atoms in total. The van der Waals surface area contributed by atoms with Crippen molar-refractivity contribution in [1.29, 1.82) is 0 Å². The van der Waals surface area contributed by atoms with Gasteiger partial charge in [-0.3, -0.25) is 4.79 Å². The Bertz CT molecular complexity index is 916. The number of hydrogen-bond acceptors (Lipinski definition) is 9. The number of nitrogens with two attached hydrogens (primary N) is 3. The zero-order valence-electron chi connectivity index (χ0n) is 14.6. The number of carbonyl (C=O) groups is 1. The first-order chi connectivity index (χ1) is 12.9. The number of aromatic amines is 1. The molecule has 1 fully saturated rings. The van der Waals surface area contributed by atoms with Gasteiger partial charge in [-0.15, -0.1) is 0 Å². The van der Waals surface area contributed by atoms with Crippen LogP contribution in [0.5, 0.6) is 0 Å². The van der Waals surface area contributed by atoms with E-state index in [-0.39, 0.29) is 28.9 Å². The Balaban J connectivity index is 1.90. The Morgan fingerprint density at radius 2 is 2.11 bits per heavy atom. The molecular formula is C16H21ClN8O2. The second-order valence-corrected chi connectivity index (χ2v) is 6.83. The SMILES string of the molecule is NCC1CCCN(c2cnc(=O)[nH]c2CC(=O)c2nc(Cl)c(N)nc2N)C1. The van der Waals surface area contributed by atoms with Gasteiger partial charge in [0.15, 0.2) is 28.3 Å². The molecule has 1 aliphatic heterocycles. The van der Waals surface area contributed by atoms with E-state index in [0.717, 1.165) is 25.9 Å². The number of hydrogen-bond donors (Lipinski definition) is 4. The van der Waals surface area contributed by atoms with Gasteiger partial charge in [0.25, 0.3) is 0 Å². The largest absolute Gasteiger partial charge is 0.382 e.